The summed E-state index contributed by atoms with van der Waals surface area (Å²) in [5, 5.41) is 1.43. The molecule has 0 saturated carbocycles. The number of rotatable bonds is 6. The molecule has 0 spiro atoms. The van der Waals surface area contributed by atoms with Gasteiger partial charge in [0.05, 0.1) is 5.58 Å². The average Bonchev–Trinajstić information content (AvgIpc) is 3.54. The number of hydrogen-bond acceptors (Lipinski definition) is 4. The van der Waals surface area contributed by atoms with Gasteiger partial charge in [0, 0.05) is 53.2 Å². The van der Waals surface area contributed by atoms with Crippen LogP contribution in [0, 0.1) is 45.2 Å². The quantitative estimate of drug-likeness (QED) is 0.156. The van der Waals surface area contributed by atoms with Crippen molar-refractivity contribution in [1.82, 2.24) is 15.0 Å². The maximum Gasteiger partial charge on any atom is 0.216 e. The van der Waals surface area contributed by atoms with Crippen molar-refractivity contribution in [2.75, 3.05) is 0 Å². The van der Waals surface area contributed by atoms with Crippen LogP contribution in [0.15, 0.2) is 102 Å². The van der Waals surface area contributed by atoms with E-state index in [9.17, 15) is 2.74 Å². The molecule has 0 amide bonds. The van der Waals surface area contributed by atoms with Gasteiger partial charge in [0.1, 0.15) is 0 Å². The summed E-state index contributed by atoms with van der Waals surface area (Å²) in [7, 11) is 0. The molecular formula is C46H47IrN3O-2. The Kier molecular flexibility index (Phi) is 8.83. The second-order valence-electron chi connectivity index (χ2n) is 14.3. The van der Waals surface area contributed by atoms with Gasteiger partial charge in [0.2, 0.25) is 5.71 Å². The van der Waals surface area contributed by atoms with E-state index in [1.54, 1.807) is 48.7 Å². The van der Waals surface area contributed by atoms with E-state index in [-0.39, 0.29) is 31.5 Å². The number of pyridine rings is 3. The third-order valence-electron chi connectivity index (χ3n) is 8.51. The molecule has 4 aromatic heterocycles. The molecule has 0 N–H and O–H groups in total. The van der Waals surface area contributed by atoms with E-state index in [0.717, 1.165) is 16.6 Å². The molecule has 0 atom stereocenters. The molecule has 0 unspecified atom stereocenters. The van der Waals surface area contributed by atoms with Crippen LogP contribution in [0.2, 0.25) is 0 Å². The van der Waals surface area contributed by atoms with Gasteiger partial charge in [-0.2, -0.15) is 0 Å². The molecule has 1 radical (unpaired) electrons. The largest absolute Gasteiger partial charge is 0.486 e. The molecule has 0 aliphatic heterocycles. The Morgan fingerprint density at radius 1 is 0.765 bits per heavy atom. The van der Waals surface area contributed by atoms with Crippen LogP contribution < -0.4 is 0 Å². The first-order valence-electron chi connectivity index (χ1n) is 20.3. The van der Waals surface area contributed by atoms with Gasteiger partial charge in [-0.3, -0.25) is 0 Å². The Morgan fingerprint density at radius 2 is 1.51 bits per heavy atom. The first-order valence-corrected chi connectivity index (χ1v) is 16.8. The van der Waals surface area contributed by atoms with Gasteiger partial charge in [0.15, 0.2) is 0 Å². The van der Waals surface area contributed by atoms with Gasteiger partial charge in [-0.05, 0) is 96.1 Å². The maximum absolute atomic E-state index is 9.18. The van der Waals surface area contributed by atoms with E-state index in [1.807, 2.05) is 59.0 Å². The van der Waals surface area contributed by atoms with Gasteiger partial charge >= 0.3 is 0 Å². The summed E-state index contributed by atoms with van der Waals surface area (Å²) in [4.78, 5) is 13.2. The van der Waals surface area contributed by atoms with Crippen molar-refractivity contribution in [2.45, 2.75) is 80.4 Å². The van der Waals surface area contributed by atoms with Crippen LogP contribution in [0.5, 0.6) is 0 Å². The zero-order valence-corrected chi connectivity index (χ0v) is 32.7. The minimum atomic E-state index is -2.36. The summed E-state index contributed by atoms with van der Waals surface area (Å²) in [6.45, 7) is 13.1. The Hall–Kier alpha value is -4.44. The molecule has 51 heavy (non-hydrogen) atoms. The molecule has 7 rings (SSSR count). The summed E-state index contributed by atoms with van der Waals surface area (Å²) in [6.07, 6.45) is 0.150. The second kappa shape index (κ2) is 15.4. The molecule has 0 bridgehead atoms. The van der Waals surface area contributed by atoms with Crippen molar-refractivity contribution >= 4 is 22.1 Å². The Labute approximate surface area is 327 Å². The molecule has 4 nitrogen and oxygen atoms in total. The van der Waals surface area contributed by atoms with E-state index in [2.05, 4.69) is 66.1 Å². The number of furan rings is 1. The van der Waals surface area contributed by atoms with E-state index in [1.165, 1.54) is 22.8 Å². The monoisotopic (exact) mass is 857 g/mol. The van der Waals surface area contributed by atoms with Gasteiger partial charge < -0.3 is 14.4 Å². The van der Waals surface area contributed by atoms with Crippen LogP contribution in [0.3, 0.4) is 0 Å². The molecule has 0 aliphatic carbocycles. The third kappa shape index (κ3) is 9.08. The summed E-state index contributed by atoms with van der Waals surface area (Å²) in [5.41, 5.74) is 7.55. The standard InChI is InChI=1S/C32H33N2O.C14H14N.Ir/c1-21-10-15-26-25-8-7-9-27(29(25)35-30(26)34-21)28-18-24(16-17-33-28)32(5,6)20-23-13-11-22(12-14-23)19-31(2,3)4;1-10-4-6-13(7-5-10)14-8-11(2)12(3)9-15-14;/h7-8,10-18H,19-20H2,1-6H3;4-6,8-9H,1-3H3;/q2*-1;/i1D3,19D2,20D2;;. The SMILES string of the molecule is Cc1c[c-]c(-c2cc(C)c(C)cn2)cc1.[2H]C([2H])([2H])c1ccc2c(n1)oc1c(-c3cc(C(C)(C)C([2H])([2H])c4ccc(C([2H])([2H])C(C)(C)C)cc4)ccn3)[c-]ccc12.[Ir]. The number of hydrogen-bond donors (Lipinski definition) is 0. The topological polar surface area (TPSA) is 51.8 Å². The molecule has 7 aromatic rings. The van der Waals surface area contributed by atoms with Crippen molar-refractivity contribution in [3.8, 4) is 22.5 Å². The number of aryl methyl sites for hydroxylation is 4. The zero-order valence-electron chi connectivity index (χ0n) is 37.3. The summed E-state index contributed by atoms with van der Waals surface area (Å²) in [6, 6.07) is 31.7. The molecule has 0 aliphatic rings. The van der Waals surface area contributed by atoms with Crippen LogP contribution >= 0.6 is 0 Å². The van der Waals surface area contributed by atoms with E-state index < -0.39 is 30.4 Å². The fraction of sp³-hybridized carbons (Fsp3) is 0.283. The van der Waals surface area contributed by atoms with E-state index in [4.69, 9.17) is 11.3 Å². The van der Waals surface area contributed by atoms with Gasteiger partial charge in [-0.1, -0.05) is 94.5 Å². The van der Waals surface area contributed by atoms with Gasteiger partial charge in [-0.15, -0.1) is 53.6 Å². The van der Waals surface area contributed by atoms with Crippen molar-refractivity contribution < 1.29 is 34.1 Å². The van der Waals surface area contributed by atoms with Crippen molar-refractivity contribution in [3.05, 3.63) is 149 Å². The average molecular weight is 857 g/mol. The molecule has 0 fully saturated rings. The molecule has 0 saturated heterocycles. The molecule has 3 aromatic carbocycles. The van der Waals surface area contributed by atoms with Crippen molar-refractivity contribution in [2.24, 2.45) is 5.41 Å². The molecule has 263 valence electrons. The van der Waals surface area contributed by atoms with Gasteiger partial charge in [-0.25, -0.2) is 4.98 Å². The summed E-state index contributed by atoms with van der Waals surface area (Å²) in [5.74, 6) is 0. The number of nitrogens with zero attached hydrogens (tertiary/aromatic N) is 3. The Bertz CT molecular complexity index is 2560. The number of fused-ring (bicyclic) bond motifs is 3. The van der Waals surface area contributed by atoms with Crippen LogP contribution in [-0.2, 0) is 38.3 Å². The predicted molar refractivity (Wildman–Crippen MR) is 207 cm³/mol. The first kappa shape index (κ1) is 29.2. The van der Waals surface area contributed by atoms with E-state index in [0.29, 0.717) is 38.9 Å². The Morgan fingerprint density at radius 3 is 2.18 bits per heavy atom. The van der Waals surface area contributed by atoms with E-state index >= 15 is 0 Å². The smallest absolute Gasteiger partial charge is 0.216 e. The zero-order chi connectivity index (χ0) is 41.7. The second-order valence-corrected chi connectivity index (χ2v) is 14.3. The molecule has 4 heterocycles. The van der Waals surface area contributed by atoms with Crippen LogP contribution in [-0.4, -0.2) is 15.0 Å². The fourth-order valence-corrected chi connectivity index (χ4v) is 5.71. The molecule has 5 heteroatoms. The number of aromatic nitrogens is 3. The number of benzene rings is 3. The Balaban J connectivity index is 0.000000336. The van der Waals surface area contributed by atoms with Crippen molar-refractivity contribution in [3.63, 3.8) is 0 Å². The molecular weight excluding hydrogens is 803 g/mol. The summed E-state index contributed by atoms with van der Waals surface area (Å²) >= 11 is 0. The first-order chi connectivity index (χ1) is 26.5. The fourth-order valence-electron chi connectivity index (χ4n) is 5.71. The minimum Gasteiger partial charge on any atom is -0.486 e. The summed E-state index contributed by atoms with van der Waals surface area (Å²) < 4.78 is 64.6. The third-order valence-corrected chi connectivity index (χ3v) is 8.51. The maximum atomic E-state index is 9.18. The normalized spacial score (nSPS) is 14.5. The van der Waals surface area contributed by atoms with Crippen LogP contribution in [0.4, 0.5) is 0 Å². The van der Waals surface area contributed by atoms with Crippen LogP contribution in [0.1, 0.15) is 83.3 Å². The predicted octanol–water partition coefficient (Wildman–Crippen LogP) is 11.7. The van der Waals surface area contributed by atoms with Gasteiger partial charge in [0.25, 0.3) is 0 Å². The minimum absolute atomic E-state index is 0. The van der Waals surface area contributed by atoms with Crippen molar-refractivity contribution in [1.29, 1.82) is 0 Å². The van der Waals surface area contributed by atoms with Crippen LogP contribution in [0.25, 0.3) is 44.6 Å².